The molecule has 0 radical (unpaired) electrons. The van der Waals surface area contributed by atoms with Gasteiger partial charge in [0.25, 0.3) is 11.6 Å². The number of carbonyl (C=O) groups excluding carboxylic acids is 3. The van der Waals surface area contributed by atoms with Crippen LogP contribution in [0, 0.1) is 20.2 Å². The lowest BCUT2D eigenvalue weighted by atomic mass is 9.95. The first-order chi connectivity index (χ1) is 22.5. The largest absolute Gasteiger partial charge is 0.493 e. The van der Waals surface area contributed by atoms with Gasteiger partial charge in [-0.2, -0.15) is 5.10 Å². The van der Waals surface area contributed by atoms with E-state index in [2.05, 4.69) is 21.2 Å². The van der Waals surface area contributed by atoms with Crippen LogP contribution < -0.4 is 30.3 Å². The molecule has 0 unspecified atom stereocenters. The van der Waals surface area contributed by atoms with Crippen molar-refractivity contribution in [1.82, 2.24) is 16.1 Å². The minimum atomic E-state index is -0.823. The van der Waals surface area contributed by atoms with Gasteiger partial charge in [-0.3, -0.25) is 25.0 Å². The number of hydrogen-bond acceptors (Lipinski definition) is 12. The van der Waals surface area contributed by atoms with Crippen molar-refractivity contribution in [3.05, 3.63) is 103 Å². The van der Waals surface area contributed by atoms with Crippen LogP contribution in [-0.4, -0.2) is 54.3 Å². The number of nitrogens with zero attached hydrogens (tertiary/aromatic N) is 3. The van der Waals surface area contributed by atoms with Crippen LogP contribution in [0.25, 0.3) is 0 Å². The Morgan fingerprint density at radius 2 is 1.79 bits per heavy atom. The number of hydrazone groups is 1. The SMILES string of the molecule is CCOC(=O)C1=C(C)NC(=O)N[C@H]1c1ccc(OCC(=O)N/N=C/c2cccc(Oc3ccc([N+](=O)[O-])cc3[N+](=O)[O-])c2)c(OC)c1. The normalized spacial score (nSPS) is 14.1. The fraction of sp³-hybridized carbons (Fsp3) is 0.200. The van der Waals surface area contributed by atoms with Gasteiger partial charge < -0.3 is 29.6 Å². The summed E-state index contributed by atoms with van der Waals surface area (Å²) in [5, 5.41) is 31.5. The molecule has 1 atom stereocenters. The van der Waals surface area contributed by atoms with Crippen LogP contribution in [0.2, 0.25) is 0 Å². The zero-order chi connectivity index (χ0) is 34.1. The third-order valence-electron chi connectivity index (χ3n) is 6.48. The Morgan fingerprint density at radius 1 is 1.02 bits per heavy atom. The summed E-state index contributed by atoms with van der Waals surface area (Å²) >= 11 is 0. The first-order valence-corrected chi connectivity index (χ1v) is 13.8. The maximum atomic E-state index is 12.6. The lowest BCUT2D eigenvalue weighted by Gasteiger charge is -2.28. The van der Waals surface area contributed by atoms with Gasteiger partial charge >= 0.3 is 17.7 Å². The molecule has 1 aliphatic rings. The number of nitro groups is 2. The highest BCUT2D eigenvalue weighted by atomic mass is 16.6. The fourth-order valence-electron chi connectivity index (χ4n) is 4.39. The zero-order valence-corrected chi connectivity index (χ0v) is 25.2. The van der Waals surface area contributed by atoms with E-state index >= 15 is 0 Å². The molecular weight excluding hydrogens is 620 g/mol. The van der Waals surface area contributed by atoms with Gasteiger partial charge in [0.15, 0.2) is 18.1 Å². The van der Waals surface area contributed by atoms with Crippen molar-refractivity contribution >= 4 is 35.5 Å². The molecule has 244 valence electrons. The monoisotopic (exact) mass is 648 g/mol. The van der Waals surface area contributed by atoms with Gasteiger partial charge in [0.2, 0.25) is 5.75 Å². The number of urea groups is 1. The number of carbonyl (C=O) groups is 3. The van der Waals surface area contributed by atoms with Gasteiger partial charge in [0, 0.05) is 11.8 Å². The second-order valence-electron chi connectivity index (χ2n) is 9.62. The number of benzene rings is 3. The van der Waals surface area contributed by atoms with Crippen LogP contribution in [0.4, 0.5) is 16.2 Å². The van der Waals surface area contributed by atoms with Crippen LogP contribution in [0.1, 0.15) is 31.0 Å². The zero-order valence-electron chi connectivity index (χ0n) is 25.2. The summed E-state index contributed by atoms with van der Waals surface area (Å²) < 4.78 is 21.7. The number of hydrogen-bond donors (Lipinski definition) is 3. The Labute approximate surface area is 266 Å². The minimum absolute atomic E-state index is 0.149. The predicted molar refractivity (Wildman–Crippen MR) is 164 cm³/mol. The molecule has 3 aromatic carbocycles. The van der Waals surface area contributed by atoms with Crippen molar-refractivity contribution in [2.24, 2.45) is 5.10 Å². The quantitative estimate of drug-likeness (QED) is 0.104. The highest BCUT2D eigenvalue weighted by molar-refractivity contribution is 5.95. The van der Waals surface area contributed by atoms with Crippen molar-refractivity contribution in [3.63, 3.8) is 0 Å². The van der Waals surface area contributed by atoms with E-state index in [1.807, 2.05) is 0 Å². The maximum Gasteiger partial charge on any atom is 0.338 e. The molecule has 17 heteroatoms. The van der Waals surface area contributed by atoms with Crippen molar-refractivity contribution in [2.75, 3.05) is 20.3 Å². The van der Waals surface area contributed by atoms with E-state index in [1.54, 1.807) is 38.1 Å². The average molecular weight is 649 g/mol. The summed E-state index contributed by atoms with van der Waals surface area (Å²) in [7, 11) is 1.39. The van der Waals surface area contributed by atoms with Gasteiger partial charge in [0.1, 0.15) is 5.75 Å². The van der Waals surface area contributed by atoms with Crippen molar-refractivity contribution in [2.45, 2.75) is 19.9 Å². The number of nitro benzene ring substituents is 2. The van der Waals surface area contributed by atoms with E-state index in [9.17, 15) is 34.6 Å². The second-order valence-corrected chi connectivity index (χ2v) is 9.62. The number of esters is 1. The second kappa shape index (κ2) is 15.0. The molecule has 0 aromatic heterocycles. The molecule has 4 rings (SSSR count). The smallest absolute Gasteiger partial charge is 0.338 e. The molecule has 1 aliphatic heterocycles. The van der Waals surface area contributed by atoms with Gasteiger partial charge in [-0.25, -0.2) is 15.0 Å². The third-order valence-corrected chi connectivity index (χ3v) is 6.48. The first kappa shape index (κ1) is 33.4. The Hall–Kier alpha value is -6.52. The molecule has 0 spiro atoms. The third kappa shape index (κ3) is 8.35. The Bertz CT molecular complexity index is 1790. The van der Waals surface area contributed by atoms with Crippen molar-refractivity contribution in [3.8, 4) is 23.0 Å². The Balaban J connectivity index is 1.38. The summed E-state index contributed by atoms with van der Waals surface area (Å²) in [6, 6.07) is 12.6. The molecule has 0 bridgehead atoms. The molecule has 0 saturated carbocycles. The number of methoxy groups -OCH3 is 1. The molecule has 0 aliphatic carbocycles. The molecule has 0 fully saturated rings. The molecular formula is C30H28N6O11. The molecule has 1 heterocycles. The summed E-state index contributed by atoms with van der Waals surface area (Å²) in [5.41, 5.74) is 2.82. The maximum absolute atomic E-state index is 12.6. The van der Waals surface area contributed by atoms with Gasteiger partial charge in [-0.15, -0.1) is 0 Å². The standard InChI is InChI=1S/C30H28N6O11/c1-4-45-29(38)27-17(2)32-30(39)33-28(27)19-8-10-24(25(13-19)44-3)46-16-26(37)34-31-15-18-6-5-7-21(12-18)47-23-11-9-20(35(40)41)14-22(23)36(42)43/h5-15,28H,4,16H2,1-3H3,(H,34,37)(H2,32,33,39)/b31-15+/t28-/m0/s1. The van der Waals surface area contributed by atoms with E-state index < -0.39 is 51.8 Å². The molecule has 3 N–H and O–H groups in total. The number of amides is 3. The average Bonchev–Trinajstić information content (AvgIpc) is 3.03. The van der Waals surface area contributed by atoms with E-state index in [0.717, 1.165) is 18.2 Å². The number of ether oxygens (including phenoxy) is 4. The highest BCUT2D eigenvalue weighted by Crippen LogP contribution is 2.36. The minimum Gasteiger partial charge on any atom is -0.493 e. The number of allylic oxidation sites excluding steroid dienone is 1. The summed E-state index contributed by atoms with van der Waals surface area (Å²) in [5.74, 6) is -0.783. The summed E-state index contributed by atoms with van der Waals surface area (Å²) in [6.07, 6.45) is 1.30. The number of non-ortho nitro benzene ring substituents is 1. The van der Waals surface area contributed by atoms with Crippen LogP contribution in [-0.2, 0) is 14.3 Å². The summed E-state index contributed by atoms with van der Waals surface area (Å²) in [4.78, 5) is 58.0. The van der Waals surface area contributed by atoms with E-state index in [-0.39, 0.29) is 35.2 Å². The van der Waals surface area contributed by atoms with E-state index in [1.165, 1.54) is 31.5 Å². The molecule has 3 amide bonds. The predicted octanol–water partition coefficient (Wildman–Crippen LogP) is 4.02. The van der Waals surface area contributed by atoms with Crippen LogP contribution in [0.5, 0.6) is 23.0 Å². The molecule has 0 saturated heterocycles. The topological polar surface area (TPSA) is 223 Å². The molecule has 3 aromatic rings. The Morgan fingerprint density at radius 3 is 2.49 bits per heavy atom. The van der Waals surface area contributed by atoms with Crippen molar-refractivity contribution < 1.29 is 43.2 Å². The van der Waals surface area contributed by atoms with Crippen LogP contribution >= 0.6 is 0 Å². The van der Waals surface area contributed by atoms with Crippen molar-refractivity contribution in [1.29, 1.82) is 0 Å². The lowest BCUT2D eigenvalue weighted by molar-refractivity contribution is -0.394. The van der Waals surface area contributed by atoms with Crippen LogP contribution in [0.15, 0.2) is 77.0 Å². The van der Waals surface area contributed by atoms with E-state index in [4.69, 9.17) is 18.9 Å². The van der Waals surface area contributed by atoms with E-state index in [0.29, 0.717) is 16.8 Å². The number of rotatable bonds is 13. The van der Waals surface area contributed by atoms with Gasteiger partial charge in [-0.05, 0) is 55.3 Å². The summed E-state index contributed by atoms with van der Waals surface area (Å²) in [6.45, 7) is 2.96. The number of nitrogens with one attached hydrogen (secondary N) is 3. The van der Waals surface area contributed by atoms with Gasteiger partial charge in [0.05, 0.1) is 47.5 Å². The van der Waals surface area contributed by atoms with Gasteiger partial charge in [-0.1, -0.05) is 18.2 Å². The Kier molecular flexibility index (Phi) is 10.6. The lowest BCUT2D eigenvalue weighted by Crippen LogP contribution is -2.45. The molecule has 47 heavy (non-hydrogen) atoms. The highest BCUT2D eigenvalue weighted by Gasteiger charge is 2.32. The fourth-order valence-corrected chi connectivity index (χ4v) is 4.39. The van der Waals surface area contributed by atoms with Crippen LogP contribution in [0.3, 0.4) is 0 Å². The first-order valence-electron chi connectivity index (χ1n) is 13.8. The molecule has 17 nitrogen and oxygen atoms in total.